The Morgan fingerprint density at radius 2 is 1.86 bits per heavy atom. The van der Waals surface area contributed by atoms with Crippen LogP contribution in [-0.4, -0.2) is 10.9 Å². The molecule has 0 saturated carbocycles. The molecule has 2 aromatic heterocycles. The Labute approximate surface area is 167 Å². The lowest BCUT2D eigenvalue weighted by Crippen LogP contribution is -2.08. The van der Waals surface area contributed by atoms with Gasteiger partial charge in [-0.15, -0.1) is 0 Å². The van der Waals surface area contributed by atoms with E-state index in [1.54, 1.807) is 6.08 Å². The van der Waals surface area contributed by atoms with Crippen LogP contribution in [0, 0.1) is 6.92 Å². The molecule has 1 N–H and O–H groups in total. The minimum Gasteiger partial charge on any atom is -0.457 e. The third-order valence-electron chi connectivity index (χ3n) is 4.27. The Morgan fingerprint density at radius 1 is 1.04 bits per heavy atom. The molecule has 0 aliphatic rings. The first-order valence-electron chi connectivity index (χ1n) is 8.80. The van der Waals surface area contributed by atoms with E-state index in [0.29, 0.717) is 22.2 Å². The molecule has 0 aliphatic heterocycles. The summed E-state index contributed by atoms with van der Waals surface area (Å²) in [7, 11) is 0. The Bertz CT molecular complexity index is 1180. The molecule has 1 amide bonds. The number of carbonyl (C=O) groups excluding carboxylic acids is 1. The maximum Gasteiger partial charge on any atom is 0.248 e. The van der Waals surface area contributed by atoms with Crippen molar-refractivity contribution in [1.29, 1.82) is 0 Å². The lowest BCUT2D eigenvalue weighted by atomic mass is 10.1. The molecule has 138 valence electrons. The lowest BCUT2D eigenvalue weighted by molar-refractivity contribution is -0.111. The predicted molar refractivity (Wildman–Crippen MR) is 113 cm³/mol. The molecule has 5 heteroatoms. The van der Waals surface area contributed by atoms with Gasteiger partial charge in [0, 0.05) is 27.7 Å². The van der Waals surface area contributed by atoms with Crippen LogP contribution < -0.4 is 5.32 Å². The van der Waals surface area contributed by atoms with Crippen molar-refractivity contribution in [3.05, 3.63) is 89.3 Å². The fourth-order valence-electron chi connectivity index (χ4n) is 2.89. The van der Waals surface area contributed by atoms with Gasteiger partial charge in [0.05, 0.1) is 11.2 Å². The second kappa shape index (κ2) is 7.71. The van der Waals surface area contributed by atoms with E-state index in [-0.39, 0.29) is 5.91 Å². The summed E-state index contributed by atoms with van der Waals surface area (Å²) in [6.07, 6.45) is 3.08. The number of aryl methyl sites for hydroxylation is 1. The number of nitrogens with one attached hydrogen (secondary N) is 1. The summed E-state index contributed by atoms with van der Waals surface area (Å²) in [6.45, 7) is 1.92. The Balaban J connectivity index is 1.49. The molecule has 4 aromatic rings. The molecule has 0 fully saturated rings. The molecule has 0 spiro atoms. The number of amides is 1. The van der Waals surface area contributed by atoms with Gasteiger partial charge in [-0.1, -0.05) is 29.8 Å². The highest BCUT2D eigenvalue weighted by atomic mass is 35.5. The minimum absolute atomic E-state index is 0.250. The molecule has 2 aromatic carbocycles. The van der Waals surface area contributed by atoms with Gasteiger partial charge in [0.15, 0.2) is 0 Å². The van der Waals surface area contributed by atoms with Crippen molar-refractivity contribution < 1.29 is 9.21 Å². The number of furan rings is 1. The van der Waals surface area contributed by atoms with Gasteiger partial charge in [-0.3, -0.25) is 9.78 Å². The van der Waals surface area contributed by atoms with Crippen LogP contribution in [0.1, 0.15) is 11.5 Å². The topological polar surface area (TPSA) is 55.1 Å². The molecule has 0 atom stereocenters. The molecule has 0 aliphatic carbocycles. The molecule has 0 unspecified atom stereocenters. The van der Waals surface area contributed by atoms with Gasteiger partial charge >= 0.3 is 0 Å². The van der Waals surface area contributed by atoms with Crippen LogP contribution in [0.3, 0.4) is 0 Å². The Kier molecular flexibility index (Phi) is 4.96. The summed E-state index contributed by atoms with van der Waals surface area (Å²) in [4.78, 5) is 16.9. The zero-order valence-electron chi connectivity index (χ0n) is 15.1. The number of halogens is 1. The first-order valence-corrected chi connectivity index (χ1v) is 9.17. The molecule has 0 saturated heterocycles. The van der Waals surface area contributed by atoms with Crippen molar-refractivity contribution in [2.45, 2.75) is 6.92 Å². The van der Waals surface area contributed by atoms with Crippen molar-refractivity contribution in [3.8, 4) is 11.3 Å². The van der Waals surface area contributed by atoms with E-state index in [1.807, 2.05) is 73.7 Å². The number of para-hydroxylation sites is 1. The average Bonchev–Trinajstić information content (AvgIpc) is 3.16. The van der Waals surface area contributed by atoms with Crippen molar-refractivity contribution in [2.75, 3.05) is 5.32 Å². The first kappa shape index (κ1) is 18.0. The number of pyridine rings is 1. The third-order valence-corrected chi connectivity index (χ3v) is 4.52. The second-order valence-corrected chi connectivity index (χ2v) is 6.80. The zero-order valence-corrected chi connectivity index (χ0v) is 15.9. The fraction of sp³-hybridized carbons (Fsp3) is 0.0435. The summed E-state index contributed by atoms with van der Waals surface area (Å²) >= 11 is 5.91. The average molecular weight is 389 g/mol. The van der Waals surface area contributed by atoms with Crippen molar-refractivity contribution in [1.82, 2.24) is 4.98 Å². The van der Waals surface area contributed by atoms with Crippen LogP contribution in [-0.2, 0) is 4.79 Å². The number of rotatable bonds is 4. The van der Waals surface area contributed by atoms with E-state index in [4.69, 9.17) is 16.0 Å². The predicted octanol–water partition coefficient (Wildman–Crippen LogP) is 6.11. The standard InChI is InChI=1S/C23H17ClN2O2/c1-15-5-6-17-3-2-4-20(23(17)25-15)26-22(27)14-12-19-11-13-21(28-19)16-7-9-18(24)10-8-16/h2-14H,1H3,(H,26,27). The number of hydrogen-bond acceptors (Lipinski definition) is 3. The highest BCUT2D eigenvalue weighted by Crippen LogP contribution is 2.25. The van der Waals surface area contributed by atoms with Gasteiger partial charge in [0.1, 0.15) is 11.5 Å². The number of aromatic nitrogens is 1. The van der Waals surface area contributed by atoms with Crippen molar-refractivity contribution >= 4 is 40.2 Å². The fourth-order valence-corrected chi connectivity index (χ4v) is 3.02. The highest BCUT2D eigenvalue weighted by molar-refractivity contribution is 6.30. The summed E-state index contributed by atoms with van der Waals surface area (Å²) in [6, 6.07) is 20.7. The van der Waals surface area contributed by atoms with E-state index in [9.17, 15) is 4.79 Å². The quantitative estimate of drug-likeness (QED) is 0.429. The van der Waals surface area contributed by atoms with Crippen LogP contribution in [0.5, 0.6) is 0 Å². The zero-order chi connectivity index (χ0) is 19.5. The normalized spacial score (nSPS) is 11.2. The monoisotopic (exact) mass is 388 g/mol. The minimum atomic E-state index is -0.250. The molecule has 28 heavy (non-hydrogen) atoms. The van der Waals surface area contributed by atoms with Crippen LogP contribution in [0.2, 0.25) is 5.02 Å². The smallest absolute Gasteiger partial charge is 0.248 e. The summed E-state index contributed by atoms with van der Waals surface area (Å²) < 4.78 is 5.77. The van der Waals surface area contributed by atoms with E-state index >= 15 is 0 Å². The van der Waals surface area contributed by atoms with Crippen LogP contribution in [0.25, 0.3) is 28.3 Å². The molecular formula is C23H17ClN2O2. The van der Waals surface area contributed by atoms with E-state index in [0.717, 1.165) is 22.2 Å². The number of carbonyl (C=O) groups is 1. The number of nitrogens with zero attached hydrogens (tertiary/aromatic N) is 1. The summed E-state index contributed by atoms with van der Waals surface area (Å²) in [5.74, 6) is 1.05. The maximum atomic E-state index is 12.3. The van der Waals surface area contributed by atoms with Gasteiger partial charge < -0.3 is 9.73 Å². The Hall–Kier alpha value is -3.37. The summed E-state index contributed by atoms with van der Waals surface area (Å²) in [5, 5.41) is 4.53. The van der Waals surface area contributed by atoms with E-state index in [2.05, 4.69) is 10.3 Å². The summed E-state index contributed by atoms with van der Waals surface area (Å²) in [5.41, 5.74) is 3.27. The molecule has 2 heterocycles. The van der Waals surface area contributed by atoms with Crippen molar-refractivity contribution in [3.63, 3.8) is 0 Å². The first-order chi connectivity index (χ1) is 13.6. The van der Waals surface area contributed by atoms with Gasteiger partial charge in [0.25, 0.3) is 0 Å². The van der Waals surface area contributed by atoms with E-state index in [1.165, 1.54) is 6.08 Å². The number of fused-ring (bicyclic) bond motifs is 1. The largest absolute Gasteiger partial charge is 0.457 e. The third kappa shape index (κ3) is 3.97. The number of anilines is 1. The van der Waals surface area contributed by atoms with Crippen LogP contribution in [0.15, 0.2) is 77.2 Å². The van der Waals surface area contributed by atoms with Gasteiger partial charge in [-0.05, 0) is 61.5 Å². The Morgan fingerprint density at radius 3 is 2.68 bits per heavy atom. The molecular weight excluding hydrogens is 372 g/mol. The van der Waals surface area contributed by atoms with Gasteiger partial charge in [0.2, 0.25) is 5.91 Å². The van der Waals surface area contributed by atoms with Gasteiger partial charge in [-0.25, -0.2) is 0 Å². The number of benzene rings is 2. The van der Waals surface area contributed by atoms with Crippen LogP contribution in [0.4, 0.5) is 5.69 Å². The lowest BCUT2D eigenvalue weighted by Gasteiger charge is -2.06. The molecule has 4 rings (SSSR count). The van der Waals surface area contributed by atoms with Crippen molar-refractivity contribution in [2.24, 2.45) is 0 Å². The molecule has 4 nitrogen and oxygen atoms in total. The highest BCUT2D eigenvalue weighted by Gasteiger charge is 2.06. The maximum absolute atomic E-state index is 12.3. The SMILES string of the molecule is Cc1ccc2cccc(NC(=O)C=Cc3ccc(-c4ccc(Cl)cc4)o3)c2n1. The second-order valence-electron chi connectivity index (χ2n) is 6.36. The van der Waals surface area contributed by atoms with Crippen LogP contribution >= 0.6 is 11.6 Å². The van der Waals surface area contributed by atoms with Gasteiger partial charge in [-0.2, -0.15) is 0 Å². The molecule has 0 bridgehead atoms. The molecule has 0 radical (unpaired) electrons. The number of hydrogen-bond donors (Lipinski definition) is 1. The van der Waals surface area contributed by atoms with E-state index < -0.39 is 0 Å².